The Bertz CT molecular complexity index is 332. The summed E-state index contributed by atoms with van der Waals surface area (Å²) in [6, 6.07) is 0. The number of hydrogen-bond donors (Lipinski definition) is 0. The van der Waals surface area contributed by atoms with Crippen molar-refractivity contribution >= 4 is 17.8 Å². The molecule has 5 heteroatoms. The van der Waals surface area contributed by atoms with Crippen LogP contribution < -0.4 is 0 Å². The van der Waals surface area contributed by atoms with Gasteiger partial charge in [-0.3, -0.25) is 14.5 Å². The first-order chi connectivity index (χ1) is 6.88. The van der Waals surface area contributed by atoms with E-state index in [1.807, 2.05) is 0 Å². The van der Waals surface area contributed by atoms with E-state index in [1.165, 1.54) is 0 Å². The molecule has 1 fully saturated rings. The second-order valence-electron chi connectivity index (χ2n) is 3.92. The van der Waals surface area contributed by atoms with Crippen LogP contribution in [-0.4, -0.2) is 34.8 Å². The molecule has 0 spiro atoms. The molecule has 0 N–H and O–H groups in total. The number of β-lactam (4-membered cyclic amide) rings is 1. The third-order valence-electron chi connectivity index (χ3n) is 2.19. The third kappa shape index (κ3) is 2.23. The molecule has 1 rings (SSSR count). The number of esters is 1. The van der Waals surface area contributed by atoms with Crippen molar-refractivity contribution in [2.24, 2.45) is 0 Å². The molecule has 1 heterocycles. The van der Waals surface area contributed by atoms with E-state index in [-0.39, 0.29) is 5.91 Å². The van der Waals surface area contributed by atoms with Gasteiger partial charge in [-0.2, -0.15) is 0 Å². The molecule has 0 aromatic rings. The minimum absolute atomic E-state index is 0.236. The Balaban J connectivity index is 2.51. The molecule has 82 valence electrons. The Kier molecular flexibility index (Phi) is 2.93. The van der Waals surface area contributed by atoms with Crippen molar-refractivity contribution in [2.45, 2.75) is 25.8 Å². The van der Waals surface area contributed by atoms with Crippen molar-refractivity contribution in [2.75, 3.05) is 6.61 Å². The van der Waals surface area contributed by atoms with Gasteiger partial charge < -0.3 is 4.74 Å². The van der Waals surface area contributed by atoms with Gasteiger partial charge in [0.05, 0.1) is 12.0 Å². The average molecular weight is 211 g/mol. The van der Waals surface area contributed by atoms with Crippen molar-refractivity contribution in [1.29, 1.82) is 0 Å². The number of imide groups is 1. The van der Waals surface area contributed by atoms with Gasteiger partial charge in [0.15, 0.2) is 6.61 Å². The van der Waals surface area contributed by atoms with Crippen molar-refractivity contribution in [1.82, 2.24) is 4.90 Å². The Morgan fingerprint density at radius 2 is 2.20 bits per heavy atom. The highest BCUT2D eigenvalue weighted by Crippen LogP contribution is 2.30. The normalized spacial score (nSPS) is 18.0. The van der Waals surface area contributed by atoms with E-state index in [1.54, 1.807) is 13.8 Å². The van der Waals surface area contributed by atoms with Crippen LogP contribution in [0.3, 0.4) is 0 Å². The first-order valence-electron chi connectivity index (χ1n) is 4.53. The maximum atomic E-state index is 11.5. The molecule has 0 aromatic carbocycles. The van der Waals surface area contributed by atoms with Gasteiger partial charge in [0, 0.05) is 6.08 Å². The highest BCUT2D eigenvalue weighted by molar-refractivity contribution is 6.02. The zero-order valence-corrected chi connectivity index (χ0v) is 8.78. The Labute approximate surface area is 87.7 Å². The van der Waals surface area contributed by atoms with Gasteiger partial charge in [0.2, 0.25) is 5.91 Å². The van der Waals surface area contributed by atoms with Gasteiger partial charge in [0.1, 0.15) is 0 Å². The third-order valence-corrected chi connectivity index (χ3v) is 2.19. The average Bonchev–Trinajstić information content (AvgIpc) is 2.12. The molecule has 1 aliphatic rings. The summed E-state index contributed by atoms with van der Waals surface area (Å²) in [5, 5.41) is 0. The quantitative estimate of drug-likeness (QED) is 0.381. The van der Waals surface area contributed by atoms with Gasteiger partial charge >= 0.3 is 5.97 Å². The molecule has 0 radical (unpaired) electrons. The molecule has 0 atom stereocenters. The van der Waals surface area contributed by atoms with E-state index in [2.05, 4.69) is 11.3 Å². The van der Waals surface area contributed by atoms with Crippen LogP contribution in [0.25, 0.3) is 0 Å². The topological polar surface area (TPSA) is 63.7 Å². The molecule has 1 aliphatic heterocycles. The van der Waals surface area contributed by atoms with Crippen LogP contribution in [0, 0.1) is 0 Å². The first-order valence-corrected chi connectivity index (χ1v) is 4.53. The largest absolute Gasteiger partial charge is 0.452 e. The molecule has 0 aliphatic carbocycles. The van der Waals surface area contributed by atoms with E-state index in [0.717, 1.165) is 11.0 Å². The molecule has 0 saturated carbocycles. The number of likely N-dealkylation sites (tertiary alicyclic amines) is 1. The number of carbonyl (C=O) groups is 3. The van der Waals surface area contributed by atoms with E-state index in [0.29, 0.717) is 6.42 Å². The molecule has 15 heavy (non-hydrogen) atoms. The van der Waals surface area contributed by atoms with Crippen LogP contribution in [0.15, 0.2) is 12.7 Å². The van der Waals surface area contributed by atoms with Gasteiger partial charge in [-0.15, -0.1) is 0 Å². The van der Waals surface area contributed by atoms with Crippen LogP contribution in [-0.2, 0) is 19.1 Å². The number of nitrogens with zero attached hydrogens (tertiary/aromatic N) is 1. The van der Waals surface area contributed by atoms with Gasteiger partial charge in [0.25, 0.3) is 5.91 Å². The summed E-state index contributed by atoms with van der Waals surface area (Å²) in [5.41, 5.74) is -0.464. The van der Waals surface area contributed by atoms with Gasteiger partial charge in [-0.05, 0) is 13.8 Å². The second kappa shape index (κ2) is 3.84. The summed E-state index contributed by atoms with van der Waals surface area (Å²) in [6.45, 7) is 6.34. The number of ether oxygens (including phenoxy) is 1. The van der Waals surface area contributed by atoms with Gasteiger partial charge in [-0.1, -0.05) is 6.58 Å². The standard InChI is InChI=1S/C10H13NO4/c1-4-9(14)15-6-8(13)11-7(12)5-10(11,2)3/h4H,1,5-6H2,2-3H3. The fourth-order valence-corrected chi connectivity index (χ4v) is 1.51. The molecule has 0 aromatic heterocycles. The lowest BCUT2D eigenvalue weighted by molar-refractivity contribution is -0.169. The molecule has 0 bridgehead atoms. The summed E-state index contributed by atoms with van der Waals surface area (Å²) in [7, 11) is 0. The van der Waals surface area contributed by atoms with E-state index in [4.69, 9.17) is 0 Å². The van der Waals surface area contributed by atoms with E-state index in [9.17, 15) is 14.4 Å². The zero-order chi connectivity index (χ0) is 11.6. The Morgan fingerprint density at radius 1 is 1.60 bits per heavy atom. The summed E-state index contributed by atoms with van der Waals surface area (Å²) in [4.78, 5) is 34.4. The number of amides is 2. The molecular weight excluding hydrogens is 198 g/mol. The van der Waals surface area contributed by atoms with Gasteiger partial charge in [-0.25, -0.2) is 4.79 Å². The Morgan fingerprint density at radius 3 is 2.60 bits per heavy atom. The second-order valence-corrected chi connectivity index (χ2v) is 3.92. The van der Waals surface area contributed by atoms with E-state index >= 15 is 0 Å². The predicted octanol–water partition coefficient (Wildman–Crippen LogP) is 0.253. The summed E-state index contributed by atoms with van der Waals surface area (Å²) in [5.74, 6) is -1.40. The van der Waals surface area contributed by atoms with Crippen molar-refractivity contribution < 1.29 is 19.1 Å². The Hall–Kier alpha value is -1.65. The van der Waals surface area contributed by atoms with Crippen LogP contribution >= 0.6 is 0 Å². The minimum atomic E-state index is -0.672. The number of rotatable bonds is 3. The summed E-state index contributed by atoms with van der Waals surface area (Å²) >= 11 is 0. The summed E-state index contributed by atoms with van der Waals surface area (Å²) < 4.78 is 4.55. The van der Waals surface area contributed by atoms with Crippen LogP contribution in [0.2, 0.25) is 0 Å². The first kappa shape index (κ1) is 11.4. The zero-order valence-electron chi connectivity index (χ0n) is 8.78. The lowest BCUT2D eigenvalue weighted by Gasteiger charge is -2.45. The number of hydrogen-bond acceptors (Lipinski definition) is 4. The smallest absolute Gasteiger partial charge is 0.330 e. The van der Waals surface area contributed by atoms with Crippen molar-refractivity contribution in [3.8, 4) is 0 Å². The van der Waals surface area contributed by atoms with Crippen LogP contribution in [0.5, 0.6) is 0 Å². The highest BCUT2D eigenvalue weighted by Gasteiger charge is 2.47. The van der Waals surface area contributed by atoms with Crippen molar-refractivity contribution in [3.63, 3.8) is 0 Å². The maximum absolute atomic E-state index is 11.5. The molecule has 5 nitrogen and oxygen atoms in total. The SMILES string of the molecule is C=CC(=O)OCC(=O)N1C(=O)CC1(C)C. The van der Waals surface area contributed by atoms with E-state index < -0.39 is 24.0 Å². The van der Waals surface area contributed by atoms with Crippen LogP contribution in [0.4, 0.5) is 0 Å². The van der Waals surface area contributed by atoms with Crippen molar-refractivity contribution in [3.05, 3.63) is 12.7 Å². The van der Waals surface area contributed by atoms with Crippen LogP contribution in [0.1, 0.15) is 20.3 Å². The number of carbonyl (C=O) groups excluding carboxylic acids is 3. The molecule has 2 amide bonds. The predicted molar refractivity (Wildman–Crippen MR) is 51.7 cm³/mol. The molecule has 1 saturated heterocycles. The monoisotopic (exact) mass is 211 g/mol. The molecule has 0 unspecified atom stereocenters. The minimum Gasteiger partial charge on any atom is -0.452 e. The fourth-order valence-electron chi connectivity index (χ4n) is 1.51. The lowest BCUT2D eigenvalue weighted by Crippen LogP contribution is -2.63. The fraction of sp³-hybridized carbons (Fsp3) is 0.500. The highest BCUT2D eigenvalue weighted by atomic mass is 16.5. The lowest BCUT2D eigenvalue weighted by atomic mass is 9.88. The maximum Gasteiger partial charge on any atom is 0.330 e. The summed E-state index contributed by atoms with van der Waals surface area (Å²) in [6.07, 6.45) is 1.31. The molecular formula is C10H13NO4.